The number of esters is 2. The van der Waals surface area contributed by atoms with Crippen LogP contribution in [0.5, 0.6) is 0 Å². The van der Waals surface area contributed by atoms with E-state index in [-0.39, 0.29) is 73.3 Å². The molecule has 29 nitrogen and oxygen atoms in total. The summed E-state index contributed by atoms with van der Waals surface area (Å²) in [5.74, 6) is -5.67. The van der Waals surface area contributed by atoms with Crippen LogP contribution in [0.3, 0.4) is 0 Å². The van der Waals surface area contributed by atoms with Crippen molar-refractivity contribution in [2.45, 2.75) is 278 Å². The van der Waals surface area contributed by atoms with Crippen molar-refractivity contribution in [2.24, 2.45) is 41.4 Å². The molecular formula is C95H149N7O22. The molecule has 2 saturated heterocycles. The molecule has 5 aliphatic rings. The number of aromatic amines is 1. The zero-order valence-corrected chi connectivity index (χ0v) is 76.8. The number of carbonyl (C=O) groups excluding carboxylic acids is 6. The summed E-state index contributed by atoms with van der Waals surface area (Å²) in [5.41, 5.74) is 12.3. The van der Waals surface area contributed by atoms with E-state index < -0.39 is 90.0 Å². The number of imidazole rings is 1. The summed E-state index contributed by atoms with van der Waals surface area (Å²) in [6.45, 7) is 29.3. The Hall–Kier alpha value is -7.07. The number of carbonyl (C=O) groups is 6. The van der Waals surface area contributed by atoms with Crippen molar-refractivity contribution in [3.05, 3.63) is 89.6 Å². The van der Waals surface area contributed by atoms with E-state index in [1.165, 1.54) is 23.9 Å². The number of hydrogen-bond donors (Lipinski definition) is 5. The van der Waals surface area contributed by atoms with Gasteiger partial charge >= 0.3 is 11.9 Å². The molecule has 0 spiro atoms. The van der Waals surface area contributed by atoms with Gasteiger partial charge in [-0.15, -0.1) is 0 Å². The van der Waals surface area contributed by atoms with Gasteiger partial charge < -0.3 is 92.5 Å². The summed E-state index contributed by atoms with van der Waals surface area (Å²) in [6.07, 6.45) is 19.3. The number of rotatable bonds is 34. The van der Waals surface area contributed by atoms with Crippen molar-refractivity contribution < 1.29 is 106 Å². The Bertz CT molecular complexity index is 3980. The normalized spacial score (nSPS) is 29.1. The smallest absolute Gasteiger partial charge is 0.329 e. The number of nitrogens with one attached hydrogen (secondary N) is 1. The lowest BCUT2D eigenvalue weighted by atomic mass is 9.78. The number of nitrogens with two attached hydrogens (primary N) is 1. The van der Waals surface area contributed by atoms with Crippen molar-refractivity contribution in [3.63, 3.8) is 0 Å². The van der Waals surface area contributed by atoms with E-state index >= 15 is 0 Å². The van der Waals surface area contributed by atoms with Crippen LogP contribution in [0.25, 0.3) is 27.8 Å². The van der Waals surface area contributed by atoms with Crippen molar-refractivity contribution in [2.75, 3.05) is 127 Å². The SMILES string of the molecule is CCC(=O)C1CCC(c2nc(-c3cc4cccc(C)c4[nH]3)c3c(N)ncnn23)CC1.CCCOCCOCCOCCOCCOCCOCCC.COCCCC(=O)O[C@@H]1CC[C@@H](C[C@@H](C)[C@@H]2C[C@@H](O)[C@H](C)/C=C(\C)[C@@H](O)[C@@H](OC)C(=O)[C@H](C)C[C@H](C)/C=C/C=C/C=C(\C)[C@@H](OC)C[C@@H]3CC[C@@H](C)[C@@](O)(O3)C(=O)C(=O)N3CCCC[C@H]3C(=O)O2)C[C@H]1OC. The summed E-state index contributed by atoms with van der Waals surface area (Å²) in [4.78, 5) is 95.7. The number of nitrogens with zero attached hydrogens (tertiary/aromatic N) is 5. The maximum atomic E-state index is 14.6. The number of ether oxygens (including phenoxy) is 13. The molecule has 29 heteroatoms. The van der Waals surface area contributed by atoms with Crippen LogP contribution in [0, 0.1) is 48.3 Å². The van der Waals surface area contributed by atoms with Gasteiger partial charge in [-0.1, -0.05) is 110 Å². The summed E-state index contributed by atoms with van der Waals surface area (Å²) in [5, 5.41) is 41.1. The predicted molar refractivity (Wildman–Crippen MR) is 474 cm³/mol. The number of allylic oxidation sites excluding steroid dienone is 5. The minimum Gasteiger partial charge on any atom is -0.460 e. The number of H-pyrrole nitrogens is 1. The monoisotopic (exact) mass is 1740 g/mol. The maximum Gasteiger partial charge on any atom is 0.329 e. The quantitative estimate of drug-likeness (QED) is 0.0125. The summed E-state index contributed by atoms with van der Waals surface area (Å²) in [6, 6.07) is 7.21. The molecule has 9 rings (SSSR count). The Labute approximate surface area is 735 Å². The molecule has 2 bridgehead atoms. The number of aliphatic hydroxyl groups is 3. The average Bonchev–Trinajstić information content (AvgIpc) is 1.36. The number of anilines is 1. The van der Waals surface area contributed by atoms with Crippen LogP contribution in [-0.2, 0) is 90.3 Å². The Morgan fingerprint density at radius 3 is 1.98 bits per heavy atom. The fourth-order valence-electron chi connectivity index (χ4n) is 17.3. The number of aliphatic hydroxyl groups excluding tert-OH is 2. The van der Waals surface area contributed by atoms with Crippen molar-refractivity contribution in [1.82, 2.24) is 29.5 Å². The number of ketones is 3. The van der Waals surface area contributed by atoms with Crippen molar-refractivity contribution >= 4 is 57.4 Å². The molecule has 4 fully saturated rings. The van der Waals surface area contributed by atoms with E-state index in [0.717, 1.165) is 90.9 Å². The van der Waals surface area contributed by atoms with Crippen LogP contribution in [-0.4, -0.2) is 262 Å². The number of amides is 1. The second kappa shape index (κ2) is 55.0. The van der Waals surface area contributed by atoms with E-state index in [0.29, 0.717) is 167 Å². The first-order valence-electron chi connectivity index (χ1n) is 45.6. The van der Waals surface area contributed by atoms with Crippen LogP contribution in [0.2, 0.25) is 0 Å². The number of cyclic esters (lactones) is 1. The van der Waals surface area contributed by atoms with Crippen LogP contribution >= 0.6 is 0 Å². The fourth-order valence-corrected chi connectivity index (χ4v) is 17.3. The molecule has 3 aromatic heterocycles. The van der Waals surface area contributed by atoms with Gasteiger partial charge in [0.1, 0.15) is 59.6 Å². The third-order valence-corrected chi connectivity index (χ3v) is 24.7. The molecule has 3 aliphatic heterocycles. The Morgan fingerprint density at radius 2 is 1.37 bits per heavy atom. The van der Waals surface area contributed by atoms with Gasteiger partial charge in [0.2, 0.25) is 5.79 Å². The van der Waals surface area contributed by atoms with Crippen molar-refractivity contribution in [3.8, 4) is 11.4 Å². The average molecular weight is 1740 g/mol. The number of methoxy groups -OCH3 is 4. The molecule has 16 atom stereocenters. The molecule has 1 amide bonds. The Morgan fingerprint density at radius 1 is 0.718 bits per heavy atom. The topological polar surface area (TPSA) is 371 Å². The highest BCUT2D eigenvalue weighted by Crippen LogP contribution is 2.42. The molecule has 0 unspecified atom stereocenters. The number of hydrogen-bond acceptors (Lipinski definition) is 26. The molecule has 0 radical (unpaired) electrons. The zero-order chi connectivity index (χ0) is 90.3. The second-order valence-corrected chi connectivity index (χ2v) is 34.3. The first-order chi connectivity index (χ1) is 59.7. The van der Waals surface area contributed by atoms with E-state index in [4.69, 9.17) is 72.3 Å². The second-order valence-electron chi connectivity index (χ2n) is 34.3. The molecular weight excluding hydrogens is 1590 g/mol. The molecule has 2 saturated carbocycles. The molecule has 1 aromatic carbocycles. The first kappa shape index (κ1) is 104. The Kier molecular flexibility index (Phi) is 46.1. The number of aryl methyl sites for hydroxylation is 1. The van der Waals surface area contributed by atoms with Gasteiger partial charge in [0.25, 0.3) is 11.7 Å². The van der Waals surface area contributed by atoms with E-state index in [2.05, 4.69) is 60.1 Å². The van der Waals surface area contributed by atoms with Crippen molar-refractivity contribution in [1.29, 1.82) is 0 Å². The largest absolute Gasteiger partial charge is 0.460 e. The number of fused-ring (bicyclic) bond motifs is 5. The highest BCUT2D eigenvalue weighted by Gasteiger charge is 2.53. The Balaban J connectivity index is 0.000000327. The van der Waals surface area contributed by atoms with Gasteiger partial charge in [-0.05, 0) is 170 Å². The van der Waals surface area contributed by atoms with E-state index in [9.17, 15) is 44.1 Å². The van der Waals surface area contributed by atoms with Crippen LogP contribution in [0.4, 0.5) is 5.82 Å². The molecule has 2 aliphatic carbocycles. The standard InChI is InChI=1S/C56H89NO15.C23H26N6O.C16H34O6/c1-34-18-13-12-14-19-35(2)46(67-9)32-42-24-22-40(7)56(65,72-42)53(62)54(63)57-26-16-15-20-43(57)55(64)71-47(33-44(58)36(3)29-39(6)51(61)52(69-11)50(60)38(5)28-34)37(4)30-41-23-25-45(48(31-41)68-10)70-49(59)21-17-27-66-8;1-3-18(30)14-7-9-15(10-8-14)23-28-20(21-22(24)25-12-26-29(21)23)17-11-16-6-4-5-13(2)19(16)27-17;1-3-5-17-7-9-19-11-13-21-15-16-22-14-12-20-10-8-18-6-4-2/h12-14,18-19,29,34,36-38,40-48,51-52,58,61,65H,15-17,20-28,30-33H2,1-11H3;4-6,11-12,14-15,27H,3,7-10H2,1-2H3,(H2,24,25,26);3-16H2,1-2H3/b14-12+,18-13+,35-19+,39-29+;;/t34-,36-,37-,38-,40-,41+,42+,43+,44-,45-,46+,47+,48-,51-,52+,56-;;/m1../s1. The van der Waals surface area contributed by atoms with E-state index in [1.807, 2.05) is 69.5 Å². The molecule has 124 heavy (non-hydrogen) atoms. The van der Waals surface area contributed by atoms with Crippen LogP contribution in [0.1, 0.15) is 221 Å². The number of nitrogen functional groups attached to an aromatic ring is 1. The maximum absolute atomic E-state index is 14.6. The van der Waals surface area contributed by atoms with E-state index in [1.54, 1.807) is 48.2 Å². The number of para-hydroxylation sites is 1. The lowest BCUT2D eigenvalue weighted by molar-refractivity contribution is -0.265. The summed E-state index contributed by atoms with van der Waals surface area (Å²) >= 11 is 0. The molecule has 4 aromatic rings. The van der Waals surface area contributed by atoms with Crippen LogP contribution in [0.15, 0.2) is 78.2 Å². The van der Waals surface area contributed by atoms with Gasteiger partial charge in [-0.2, -0.15) is 5.10 Å². The number of piperidine rings is 1. The first-order valence-corrected chi connectivity index (χ1v) is 45.6. The zero-order valence-electron chi connectivity index (χ0n) is 76.8. The van der Waals surface area contributed by atoms with Crippen LogP contribution < -0.4 is 5.73 Å². The molecule has 6 N–H and O–H groups in total. The highest BCUT2D eigenvalue weighted by atomic mass is 16.6. The van der Waals surface area contributed by atoms with Gasteiger partial charge in [-0.3, -0.25) is 24.0 Å². The minimum atomic E-state index is -2.44. The number of Topliss-reactive ketones (excluding diaryl/α,β-unsaturated/α-hetero) is 3. The third kappa shape index (κ3) is 31.7. The summed E-state index contributed by atoms with van der Waals surface area (Å²) in [7, 11) is 6.15. The lowest BCUT2D eigenvalue weighted by Crippen LogP contribution is -2.61. The highest BCUT2D eigenvalue weighted by molar-refractivity contribution is 6.39. The van der Waals surface area contributed by atoms with Gasteiger partial charge in [0, 0.05) is 121 Å². The van der Waals surface area contributed by atoms with Gasteiger partial charge in [0.05, 0.1) is 96.2 Å². The summed E-state index contributed by atoms with van der Waals surface area (Å²) < 4.78 is 74.7. The number of benzene rings is 1. The van der Waals surface area contributed by atoms with Gasteiger partial charge in [-0.25, -0.2) is 19.3 Å². The molecule has 6 heterocycles. The molecule has 696 valence electrons. The predicted octanol–water partition coefficient (Wildman–Crippen LogP) is 13.3. The fraction of sp³-hybridized carbons (Fsp3) is 0.716. The minimum absolute atomic E-state index is 0.0103. The number of aromatic nitrogens is 5. The lowest BCUT2D eigenvalue weighted by Gasteiger charge is -2.43. The van der Waals surface area contributed by atoms with Gasteiger partial charge in [0.15, 0.2) is 11.6 Å². The third-order valence-electron chi connectivity index (χ3n) is 24.7.